The summed E-state index contributed by atoms with van der Waals surface area (Å²) in [5, 5.41) is 8.06. The van der Waals surface area contributed by atoms with E-state index in [0.29, 0.717) is 12.4 Å². The molecule has 5 nitrogen and oxygen atoms in total. The summed E-state index contributed by atoms with van der Waals surface area (Å²) >= 11 is 1.74. The second-order valence-corrected chi connectivity index (χ2v) is 5.16. The molecule has 0 bridgehead atoms. The van der Waals surface area contributed by atoms with Crippen LogP contribution in [0.25, 0.3) is 0 Å². The Morgan fingerprint density at radius 3 is 3.20 bits per heavy atom. The molecule has 1 aliphatic heterocycles. The number of rotatable bonds is 2. The fourth-order valence-electron chi connectivity index (χ4n) is 1.28. The number of amidine groups is 1. The van der Waals surface area contributed by atoms with Crippen LogP contribution in [-0.2, 0) is 6.54 Å². The molecule has 0 saturated carbocycles. The first-order valence-electron chi connectivity index (χ1n) is 4.86. The molecule has 1 aliphatic rings. The maximum absolute atomic E-state index is 4.64. The number of aromatic nitrogens is 2. The number of hydrogen-bond acceptors (Lipinski definition) is 5. The van der Waals surface area contributed by atoms with E-state index in [2.05, 4.69) is 38.8 Å². The van der Waals surface area contributed by atoms with Gasteiger partial charge in [-0.3, -0.25) is 4.99 Å². The Kier molecular flexibility index (Phi) is 2.95. The van der Waals surface area contributed by atoms with Crippen molar-refractivity contribution in [2.24, 2.45) is 4.99 Å². The van der Waals surface area contributed by atoms with E-state index in [-0.39, 0.29) is 5.54 Å². The molecule has 1 saturated heterocycles. The van der Waals surface area contributed by atoms with Crippen molar-refractivity contribution in [3.63, 3.8) is 0 Å². The molecule has 0 aromatic carbocycles. The Hall–Kier alpha value is -1.04. The quantitative estimate of drug-likeness (QED) is 0.826. The molecule has 0 amide bonds. The van der Waals surface area contributed by atoms with Gasteiger partial charge in [-0.2, -0.15) is 4.98 Å². The van der Waals surface area contributed by atoms with E-state index in [1.807, 2.05) is 0 Å². The van der Waals surface area contributed by atoms with Gasteiger partial charge in [-0.1, -0.05) is 16.9 Å². The largest absolute Gasteiger partial charge is 0.360 e. The van der Waals surface area contributed by atoms with Gasteiger partial charge in [0.05, 0.1) is 0 Å². The molecule has 0 atom stereocenters. The molecular weight excluding hydrogens is 212 g/mol. The molecule has 82 valence electrons. The predicted octanol–water partition coefficient (Wildman–Crippen LogP) is 1.43. The molecule has 1 fully saturated rings. The zero-order valence-electron chi connectivity index (χ0n) is 8.86. The minimum absolute atomic E-state index is 0.140. The van der Waals surface area contributed by atoms with Gasteiger partial charge in [-0.15, -0.1) is 0 Å². The maximum Gasteiger partial charge on any atom is 0.213 e. The van der Waals surface area contributed by atoms with E-state index >= 15 is 0 Å². The molecule has 15 heavy (non-hydrogen) atoms. The summed E-state index contributed by atoms with van der Waals surface area (Å²) in [4.78, 5) is 8.32. The second-order valence-electron chi connectivity index (χ2n) is 4.08. The third-order valence-electron chi connectivity index (χ3n) is 2.18. The van der Waals surface area contributed by atoms with Crippen LogP contribution < -0.4 is 5.32 Å². The second kappa shape index (κ2) is 4.22. The highest BCUT2D eigenvalue weighted by molar-refractivity contribution is 8.13. The van der Waals surface area contributed by atoms with Crippen molar-refractivity contribution in [2.45, 2.75) is 32.4 Å². The summed E-state index contributed by atoms with van der Waals surface area (Å²) in [6, 6.07) is 0. The van der Waals surface area contributed by atoms with Crippen molar-refractivity contribution in [3.05, 3.63) is 12.2 Å². The van der Waals surface area contributed by atoms with E-state index in [1.54, 1.807) is 11.8 Å². The summed E-state index contributed by atoms with van der Waals surface area (Å²) < 4.78 is 4.64. The van der Waals surface area contributed by atoms with Gasteiger partial charge in [0.1, 0.15) is 6.54 Å². The van der Waals surface area contributed by atoms with Gasteiger partial charge in [-0.05, 0) is 20.3 Å². The van der Waals surface area contributed by atoms with Crippen LogP contribution in [0.2, 0.25) is 0 Å². The molecular formula is C9H14N4OS. The van der Waals surface area contributed by atoms with Crippen LogP contribution in [0.4, 0.5) is 0 Å². The average Bonchev–Trinajstić information content (AvgIpc) is 2.65. The molecule has 2 heterocycles. The zero-order chi connectivity index (χ0) is 10.7. The van der Waals surface area contributed by atoms with Crippen molar-refractivity contribution in [2.75, 3.05) is 5.75 Å². The minimum atomic E-state index is 0.140. The number of nitrogens with zero attached hydrogens (tertiary/aromatic N) is 3. The molecule has 0 spiro atoms. The molecule has 1 N–H and O–H groups in total. The summed E-state index contributed by atoms with van der Waals surface area (Å²) in [5.74, 6) is 1.72. The molecule has 1 aromatic rings. The lowest BCUT2D eigenvalue weighted by Crippen LogP contribution is -2.46. The Balaban J connectivity index is 1.95. The lowest BCUT2D eigenvalue weighted by atomic mass is 10.0. The van der Waals surface area contributed by atoms with E-state index in [1.165, 1.54) is 6.39 Å². The fraction of sp³-hybridized carbons (Fsp3) is 0.667. The van der Waals surface area contributed by atoms with Crippen LogP contribution in [0.1, 0.15) is 26.1 Å². The first-order chi connectivity index (χ1) is 7.16. The third-order valence-corrected chi connectivity index (χ3v) is 3.10. The topological polar surface area (TPSA) is 63.3 Å². The van der Waals surface area contributed by atoms with Gasteiger partial charge in [0.15, 0.2) is 11.0 Å². The van der Waals surface area contributed by atoms with Crippen LogP contribution in [0.15, 0.2) is 15.9 Å². The summed E-state index contributed by atoms with van der Waals surface area (Å²) in [7, 11) is 0. The smallest absolute Gasteiger partial charge is 0.213 e. The van der Waals surface area contributed by atoms with Gasteiger partial charge >= 0.3 is 0 Å². The SMILES string of the molecule is CC1(C)CCSC(=NCc2ncon2)N1. The fourth-order valence-corrected chi connectivity index (χ4v) is 2.59. The van der Waals surface area contributed by atoms with Crippen molar-refractivity contribution < 1.29 is 4.52 Å². The van der Waals surface area contributed by atoms with Crippen molar-refractivity contribution in [3.8, 4) is 0 Å². The van der Waals surface area contributed by atoms with Crippen LogP contribution >= 0.6 is 11.8 Å². The number of thioether (sulfide) groups is 1. The number of aliphatic imine (C=N–C) groups is 1. The van der Waals surface area contributed by atoms with Crippen LogP contribution in [0.3, 0.4) is 0 Å². The zero-order valence-corrected chi connectivity index (χ0v) is 9.67. The highest BCUT2D eigenvalue weighted by Gasteiger charge is 2.23. The average molecular weight is 226 g/mol. The van der Waals surface area contributed by atoms with Gasteiger partial charge < -0.3 is 9.84 Å². The van der Waals surface area contributed by atoms with Crippen molar-refractivity contribution in [1.29, 1.82) is 0 Å². The highest BCUT2D eigenvalue weighted by atomic mass is 32.2. The monoisotopic (exact) mass is 226 g/mol. The summed E-state index contributed by atoms with van der Waals surface area (Å²) in [6.07, 6.45) is 2.47. The Labute approximate surface area is 92.7 Å². The maximum atomic E-state index is 4.64. The standard InChI is InChI=1S/C9H14N4OS/c1-9(2)3-4-15-8(12-9)10-5-7-11-6-14-13-7/h6H,3-5H2,1-2H3,(H,10,12). The summed E-state index contributed by atoms with van der Waals surface area (Å²) in [5.41, 5.74) is 0.140. The first-order valence-corrected chi connectivity index (χ1v) is 5.85. The molecule has 6 heteroatoms. The van der Waals surface area contributed by atoms with Gasteiger partial charge in [0, 0.05) is 11.3 Å². The van der Waals surface area contributed by atoms with E-state index in [9.17, 15) is 0 Å². The number of nitrogens with one attached hydrogen (secondary N) is 1. The van der Waals surface area contributed by atoms with E-state index < -0.39 is 0 Å². The van der Waals surface area contributed by atoms with Crippen molar-refractivity contribution >= 4 is 16.9 Å². The third kappa shape index (κ3) is 2.95. The Morgan fingerprint density at radius 1 is 1.67 bits per heavy atom. The molecule has 2 rings (SSSR count). The highest BCUT2D eigenvalue weighted by Crippen LogP contribution is 2.21. The van der Waals surface area contributed by atoms with E-state index in [0.717, 1.165) is 17.3 Å². The van der Waals surface area contributed by atoms with Crippen LogP contribution in [0, 0.1) is 0 Å². The van der Waals surface area contributed by atoms with Gasteiger partial charge in [0.25, 0.3) is 0 Å². The Morgan fingerprint density at radius 2 is 2.53 bits per heavy atom. The lowest BCUT2D eigenvalue weighted by Gasteiger charge is -2.32. The first kappa shape index (κ1) is 10.5. The van der Waals surface area contributed by atoms with Crippen LogP contribution in [0.5, 0.6) is 0 Å². The predicted molar refractivity (Wildman–Crippen MR) is 59.7 cm³/mol. The van der Waals surface area contributed by atoms with Gasteiger partial charge in [-0.25, -0.2) is 0 Å². The molecule has 0 radical (unpaired) electrons. The lowest BCUT2D eigenvalue weighted by molar-refractivity contribution is 0.410. The van der Waals surface area contributed by atoms with Gasteiger partial charge in [0.2, 0.25) is 6.39 Å². The summed E-state index contributed by atoms with van der Waals surface area (Å²) in [6.45, 7) is 4.83. The minimum Gasteiger partial charge on any atom is -0.360 e. The normalized spacial score (nSPS) is 22.7. The molecule has 0 unspecified atom stereocenters. The van der Waals surface area contributed by atoms with Crippen LogP contribution in [-0.4, -0.2) is 26.6 Å². The Bertz CT molecular complexity index is 347. The molecule has 1 aromatic heterocycles. The molecule has 0 aliphatic carbocycles. The van der Waals surface area contributed by atoms with Crippen molar-refractivity contribution in [1.82, 2.24) is 15.5 Å². The van der Waals surface area contributed by atoms with E-state index in [4.69, 9.17) is 0 Å². The number of hydrogen-bond donors (Lipinski definition) is 1.